The Labute approximate surface area is 178 Å². The van der Waals surface area contributed by atoms with Gasteiger partial charge in [-0.25, -0.2) is 8.42 Å². The number of piperazine rings is 1. The molecule has 0 radical (unpaired) electrons. The number of ether oxygens (including phenoxy) is 3. The Hall–Kier alpha value is -1.56. The number of halogens is 1. The lowest BCUT2D eigenvalue weighted by molar-refractivity contribution is 0.173. The van der Waals surface area contributed by atoms with Crippen LogP contribution in [-0.4, -0.2) is 57.7 Å². The molecule has 28 heavy (non-hydrogen) atoms. The quantitative estimate of drug-likeness (QED) is 0.570. The number of rotatable bonds is 5. The summed E-state index contributed by atoms with van der Waals surface area (Å²) < 4.78 is 44.3. The van der Waals surface area contributed by atoms with Crippen molar-refractivity contribution in [2.75, 3.05) is 40.1 Å². The predicted octanol–water partition coefficient (Wildman–Crippen LogP) is 2.54. The standard InChI is InChI=1S/C19H21IN2O5S/c1-25-17-5-3-15(11-16(17)20)28(23,24)22-8-6-21(7-9-22)12-14-2-4-18-19(10-14)27-13-26-18/h2-5,10-11H,6-9,12-13H2,1H3. The first-order chi connectivity index (χ1) is 13.5. The fourth-order valence-corrected chi connectivity index (χ4v) is 5.78. The zero-order valence-corrected chi connectivity index (χ0v) is 18.4. The molecule has 0 N–H and O–H groups in total. The van der Waals surface area contributed by atoms with Gasteiger partial charge < -0.3 is 14.2 Å². The molecule has 150 valence electrons. The summed E-state index contributed by atoms with van der Waals surface area (Å²) in [5.41, 5.74) is 1.13. The van der Waals surface area contributed by atoms with Gasteiger partial charge >= 0.3 is 0 Å². The van der Waals surface area contributed by atoms with Crippen molar-refractivity contribution in [2.24, 2.45) is 0 Å². The van der Waals surface area contributed by atoms with Gasteiger partial charge in [-0.05, 0) is 58.5 Å². The molecule has 2 aromatic rings. The Morgan fingerprint density at radius 1 is 1.04 bits per heavy atom. The van der Waals surface area contributed by atoms with E-state index in [0.717, 1.165) is 27.2 Å². The maximum Gasteiger partial charge on any atom is 0.243 e. The van der Waals surface area contributed by atoms with E-state index in [-0.39, 0.29) is 6.79 Å². The van der Waals surface area contributed by atoms with E-state index in [1.807, 2.05) is 18.2 Å². The summed E-state index contributed by atoms with van der Waals surface area (Å²) in [6.07, 6.45) is 0. The molecule has 1 fully saturated rings. The minimum Gasteiger partial charge on any atom is -0.496 e. The lowest BCUT2D eigenvalue weighted by Gasteiger charge is -2.34. The molecule has 0 amide bonds. The van der Waals surface area contributed by atoms with Crippen LogP contribution in [-0.2, 0) is 16.6 Å². The molecule has 0 unspecified atom stereocenters. The highest BCUT2D eigenvalue weighted by Gasteiger charge is 2.29. The molecule has 0 bridgehead atoms. The van der Waals surface area contributed by atoms with Crippen LogP contribution in [0.4, 0.5) is 0 Å². The third-order valence-electron chi connectivity index (χ3n) is 4.94. The SMILES string of the molecule is COc1ccc(S(=O)(=O)N2CCN(Cc3ccc4c(c3)OCO4)CC2)cc1I. The molecule has 9 heteroatoms. The lowest BCUT2D eigenvalue weighted by Crippen LogP contribution is -2.48. The number of fused-ring (bicyclic) bond motifs is 1. The van der Waals surface area contributed by atoms with Crippen LogP contribution in [0.25, 0.3) is 0 Å². The first-order valence-corrected chi connectivity index (χ1v) is 11.4. The molecule has 2 aliphatic rings. The summed E-state index contributed by atoms with van der Waals surface area (Å²) in [4.78, 5) is 2.56. The number of sulfonamides is 1. The molecule has 0 spiro atoms. The molecule has 2 aromatic carbocycles. The maximum atomic E-state index is 13.0. The van der Waals surface area contributed by atoms with Crippen molar-refractivity contribution in [3.05, 3.63) is 45.5 Å². The number of hydrogen-bond donors (Lipinski definition) is 0. The minimum absolute atomic E-state index is 0.264. The normalized spacial score (nSPS) is 17.6. The molecule has 2 heterocycles. The highest BCUT2D eigenvalue weighted by molar-refractivity contribution is 14.1. The first-order valence-electron chi connectivity index (χ1n) is 8.92. The van der Waals surface area contributed by atoms with Gasteiger partial charge in [0, 0.05) is 32.7 Å². The van der Waals surface area contributed by atoms with E-state index in [9.17, 15) is 8.42 Å². The molecule has 0 aromatic heterocycles. The average molecular weight is 516 g/mol. The van der Waals surface area contributed by atoms with E-state index in [0.29, 0.717) is 36.8 Å². The van der Waals surface area contributed by atoms with Gasteiger partial charge in [0.15, 0.2) is 11.5 Å². The van der Waals surface area contributed by atoms with E-state index < -0.39 is 10.0 Å². The van der Waals surface area contributed by atoms with Gasteiger partial charge in [0.2, 0.25) is 16.8 Å². The van der Waals surface area contributed by atoms with Crippen LogP contribution in [0.1, 0.15) is 5.56 Å². The van der Waals surface area contributed by atoms with Gasteiger partial charge in [0.05, 0.1) is 15.6 Å². The second kappa shape index (κ2) is 8.05. The minimum atomic E-state index is -3.50. The van der Waals surface area contributed by atoms with Crippen LogP contribution in [0, 0.1) is 3.57 Å². The van der Waals surface area contributed by atoms with Gasteiger partial charge in [-0.15, -0.1) is 0 Å². The van der Waals surface area contributed by atoms with E-state index in [1.165, 1.54) is 0 Å². The van der Waals surface area contributed by atoms with E-state index in [2.05, 4.69) is 27.5 Å². The Balaban J connectivity index is 1.40. The fourth-order valence-electron chi connectivity index (χ4n) is 3.38. The van der Waals surface area contributed by atoms with Crippen LogP contribution in [0.15, 0.2) is 41.3 Å². The summed E-state index contributed by atoms with van der Waals surface area (Å²) in [5, 5.41) is 0. The van der Waals surface area contributed by atoms with Gasteiger partial charge in [0.25, 0.3) is 0 Å². The van der Waals surface area contributed by atoms with Crippen molar-refractivity contribution in [1.82, 2.24) is 9.21 Å². The van der Waals surface area contributed by atoms with Gasteiger partial charge in [-0.3, -0.25) is 4.90 Å². The largest absolute Gasteiger partial charge is 0.496 e. The molecular formula is C19H21IN2O5S. The smallest absolute Gasteiger partial charge is 0.243 e. The molecular weight excluding hydrogens is 495 g/mol. The Morgan fingerprint density at radius 3 is 2.50 bits per heavy atom. The Morgan fingerprint density at radius 2 is 1.79 bits per heavy atom. The van der Waals surface area contributed by atoms with E-state index in [4.69, 9.17) is 14.2 Å². The maximum absolute atomic E-state index is 13.0. The summed E-state index contributed by atoms with van der Waals surface area (Å²) >= 11 is 2.09. The number of benzene rings is 2. The molecule has 0 atom stereocenters. The third kappa shape index (κ3) is 3.93. The molecule has 0 saturated carbocycles. The molecule has 4 rings (SSSR count). The average Bonchev–Trinajstić information content (AvgIpc) is 3.16. The topological polar surface area (TPSA) is 68.3 Å². The summed E-state index contributed by atoms with van der Waals surface area (Å²) in [7, 11) is -1.93. The lowest BCUT2D eigenvalue weighted by atomic mass is 10.2. The highest BCUT2D eigenvalue weighted by Crippen LogP contribution is 2.33. The first kappa shape index (κ1) is 19.7. The van der Waals surface area contributed by atoms with Crippen molar-refractivity contribution in [3.63, 3.8) is 0 Å². The van der Waals surface area contributed by atoms with Crippen molar-refractivity contribution in [3.8, 4) is 17.2 Å². The summed E-state index contributed by atoms with van der Waals surface area (Å²) in [6, 6.07) is 10.9. The van der Waals surface area contributed by atoms with E-state index in [1.54, 1.807) is 29.6 Å². The zero-order chi connectivity index (χ0) is 19.7. The third-order valence-corrected chi connectivity index (χ3v) is 7.67. The van der Waals surface area contributed by atoms with Crippen LogP contribution >= 0.6 is 22.6 Å². The van der Waals surface area contributed by atoms with Crippen molar-refractivity contribution in [2.45, 2.75) is 11.4 Å². The predicted molar refractivity (Wildman–Crippen MR) is 112 cm³/mol. The van der Waals surface area contributed by atoms with Crippen LogP contribution in [0.5, 0.6) is 17.2 Å². The molecule has 7 nitrogen and oxygen atoms in total. The van der Waals surface area contributed by atoms with Crippen LogP contribution in [0.2, 0.25) is 0 Å². The van der Waals surface area contributed by atoms with Gasteiger partial charge in [-0.2, -0.15) is 4.31 Å². The van der Waals surface area contributed by atoms with Gasteiger partial charge in [0.1, 0.15) is 5.75 Å². The second-order valence-corrected chi connectivity index (χ2v) is 9.76. The van der Waals surface area contributed by atoms with Gasteiger partial charge in [-0.1, -0.05) is 6.07 Å². The molecule has 1 saturated heterocycles. The second-order valence-electron chi connectivity index (χ2n) is 6.66. The van der Waals surface area contributed by atoms with E-state index >= 15 is 0 Å². The number of nitrogens with zero attached hydrogens (tertiary/aromatic N) is 2. The Bertz CT molecular complexity index is 974. The zero-order valence-electron chi connectivity index (χ0n) is 15.4. The number of methoxy groups -OCH3 is 1. The van der Waals surface area contributed by atoms with Crippen molar-refractivity contribution >= 4 is 32.6 Å². The van der Waals surface area contributed by atoms with Crippen molar-refractivity contribution in [1.29, 1.82) is 0 Å². The number of hydrogen-bond acceptors (Lipinski definition) is 6. The Kier molecular flexibility index (Phi) is 5.68. The van der Waals surface area contributed by atoms with Crippen LogP contribution in [0.3, 0.4) is 0 Å². The fraction of sp³-hybridized carbons (Fsp3) is 0.368. The van der Waals surface area contributed by atoms with Crippen LogP contribution < -0.4 is 14.2 Å². The monoisotopic (exact) mass is 516 g/mol. The molecule has 0 aliphatic carbocycles. The summed E-state index contributed by atoms with van der Waals surface area (Å²) in [6.45, 7) is 3.32. The summed E-state index contributed by atoms with van der Waals surface area (Å²) in [5.74, 6) is 2.22. The highest BCUT2D eigenvalue weighted by atomic mass is 127. The molecule has 2 aliphatic heterocycles. The van der Waals surface area contributed by atoms with Crippen molar-refractivity contribution < 1.29 is 22.6 Å².